The molecule has 0 bridgehead atoms. The van der Waals surface area contributed by atoms with Crippen LogP contribution in [0.5, 0.6) is 0 Å². The highest BCUT2D eigenvalue weighted by molar-refractivity contribution is 4.74. The van der Waals surface area contributed by atoms with Gasteiger partial charge in [0.15, 0.2) is 0 Å². The van der Waals surface area contributed by atoms with E-state index in [1.54, 1.807) is 0 Å². The van der Waals surface area contributed by atoms with Gasteiger partial charge in [0.05, 0.1) is 0 Å². The van der Waals surface area contributed by atoms with Gasteiger partial charge >= 0.3 is 0 Å². The molecule has 1 fully saturated rings. The standard InChI is InChI=1S/C11H23N/c1-3-4-8-12-10(2)9-11-6-5-7-11/h10-12H,3-9H2,1-2H3. The van der Waals surface area contributed by atoms with Crippen LogP contribution in [-0.2, 0) is 0 Å². The van der Waals surface area contributed by atoms with Gasteiger partial charge in [-0.15, -0.1) is 0 Å². The van der Waals surface area contributed by atoms with Crippen molar-refractivity contribution in [2.45, 2.75) is 58.4 Å². The first-order valence-electron chi connectivity index (χ1n) is 5.56. The van der Waals surface area contributed by atoms with Crippen LogP contribution in [0.1, 0.15) is 52.4 Å². The summed E-state index contributed by atoms with van der Waals surface area (Å²) in [7, 11) is 0. The van der Waals surface area contributed by atoms with E-state index in [0.717, 1.165) is 12.0 Å². The molecule has 0 saturated heterocycles. The van der Waals surface area contributed by atoms with Crippen LogP contribution in [0, 0.1) is 5.92 Å². The van der Waals surface area contributed by atoms with Crippen molar-refractivity contribution < 1.29 is 0 Å². The van der Waals surface area contributed by atoms with E-state index in [4.69, 9.17) is 0 Å². The quantitative estimate of drug-likeness (QED) is 0.603. The fourth-order valence-electron chi connectivity index (χ4n) is 1.84. The Morgan fingerprint density at radius 2 is 2.17 bits per heavy atom. The van der Waals surface area contributed by atoms with Crippen LogP contribution >= 0.6 is 0 Å². The minimum Gasteiger partial charge on any atom is -0.314 e. The number of nitrogens with one attached hydrogen (secondary N) is 1. The molecule has 0 radical (unpaired) electrons. The van der Waals surface area contributed by atoms with Crippen LogP contribution in [0.3, 0.4) is 0 Å². The van der Waals surface area contributed by atoms with Crippen LogP contribution in [-0.4, -0.2) is 12.6 Å². The minimum absolute atomic E-state index is 0.752. The van der Waals surface area contributed by atoms with E-state index in [-0.39, 0.29) is 0 Å². The lowest BCUT2D eigenvalue weighted by atomic mass is 9.81. The van der Waals surface area contributed by atoms with Gasteiger partial charge in [-0.3, -0.25) is 0 Å². The molecule has 0 aromatic heterocycles. The largest absolute Gasteiger partial charge is 0.314 e. The summed E-state index contributed by atoms with van der Waals surface area (Å²) in [6.07, 6.45) is 8.49. The zero-order valence-corrected chi connectivity index (χ0v) is 8.60. The highest BCUT2D eigenvalue weighted by atomic mass is 14.9. The van der Waals surface area contributed by atoms with Crippen LogP contribution < -0.4 is 5.32 Å². The van der Waals surface area contributed by atoms with E-state index in [9.17, 15) is 0 Å². The molecule has 1 saturated carbocycles. The Kier molecular flexibility index (Phi) is 4.67. The maximum atomic E-state index is 3.58. The number of rotatable bonds is 6. The predicted octanol–water partition coefficient (Wildman–Crippen LogP) is 2.95. The van der Waals surface area contributed by atoms with E-state index >= 15 is 0 Å². The highest BCUT2D eigenvalue weighted by Gasteiger charge is 2.19. The van der Waals surface area contributed by atoms with Gasteiger partial charge in [0.25, 0.3) is 0 Å². The molecule has 1 aliphatic rings. The monoisotopic (exact) mass is 169 g/mol. The van der Waals surface area contributed by atoms with Crippen molar-refractivity contribution in [2.24, 2.45) is 5.92 Å². The molecule has 1 nitrogen and oxygen atoms in total. The van der Waals surface area contributed by atoms with Gasteiger partial charge in [0.2, 0.25) is 0 Å². The fourth-order valence-corrected chi connectivity index (χ4v) is 1.84. The van der Waals surface area contributed by atoms with Gasteiger partial charge in [0, 0.05) is 6.04 Å². The smallest absolute Gasteiger partial charge is 0.00413 e. The summed E-state index contributed by atoms with van der Waals surface area (Å²) in [5.74, 6) is 1.05. The van der Waals surface area contributed by atoms with Crippen molar-refractivity contribution in [3.63, 3.8) is 0 Å². The summed E-state index contributed by atoms with van der Waals surface area (Å²) >= 11 is 0. The zero-order valence-electron chi connectivity index (χ0n) is 8.60. The second kappa shape index (κ2) is 5.58. The van der Waals surface area contributed by atoms with Crippen molar-refractivity contribution >= 4 is 0 Å². The molecule has 0 aromatic rings. The third kappa shape index (κ3) is 3.57. The predicted molar refractivity (Wildman–Crippen MR) is 54.3 cm³/mol. The third-order valence-corrected chi connectivity index (χ3v) is 2.93. The Morgan fingerprint density at radius 3 is 2.67 bits per heavy atom. The molecule has 0 aliphatic heterocycles. The molecule has 1 rings (SSSR count). The van der Waals surface area contributed by atoms with Crippen LogP contribution in [0.15, 0.2) is 0 Å². The van der Waals surface area contributed by atoms with Crippen molar-refractivity contribution in [1.29, 1.82) is 0 Å². The van der Waals surface area contributed by atoms with Crippen LogP contribution in [0.25, 0.3) is 0 Å². The average Bonchev–Trinajstić information content (AvgIpc) is 1.98. The van der Waals surface area contributed by atoms with Crippen molar-refractivity contribution in [3.8, 4) is 0 Å². The molecule has 1 N–H and O–H groups in total. The molecule has 1 unspecified atom stereocenters. The normalized spacial score (nSPS) is 20.5. The molecule has 0 aromatic carbocycles. The summed E-state index contributed by atoms with van der Waals surface area (Å²) in [5.41, 5.74) is 0. The molecule has 0 amide bonds. The second-order valence-electron chi connectivity index (χ2n) is 4.24. The Labute approximate surface area is 76.9 Å². The summed E-state index contributed by atoms with van der Waals surface area (Å²) in [6.45, 7) is 5.79. The number of hydrogen-bond acceptors (Lipinski definition) is 1. The van der Waals surface area contributed by atoms with E-state index < -0.39 is 0 Å². The Balaban J connectivity index is 1.91. The first kappa shape index (κ1) is 10.0. The highest BCUT2D eigenvalue weighted by Crippen LogP contribution is 2.30. The molecular weight excluding hydrogens is 146 g/mol. The van der Waals surface area contributed by atoms with Gasteiger partial charge in [-0.1, -0.05) is 32.6 Å². The topological polar surface area (TPSA) is 12.0 Å². The van der Waals surface area contributed by atoms with Gasteiger partial charge in [-0.25, -0.2) is 0 Å². The summed E-state index contributed by atoms with van der Waals surface area (Å²) in [5, 5.41) is 3.58. The van der Waals surface area contributed by atoms with E-state index in [0.29, 0.717) is 0 Å². The first-order chi connectivity index (χ1) is 5.83. The van der Waals surface area contributed by atoms with Crippen molar-refractivity contribution in [1.82, 2.24) is 5.32 Å². The molecule has 1 aliphatic carbocycles. The summed E-state index contributed by atoms with van der Waals surface area (Å²) in [4.78, 5) is 0. The Morgan fingerprint density at radius 1 is 1.42 bits per heavy atom. The van der Waals surface area contributed by atoms with Gasteiger partial charge in [-0.2, -0.15) is 0 Å². The van der Waals surface area contributed by atoms with Crippen LogP contribution in [0.2, 0.25) is 0 Å². The molecule has 1 heteroatoms. The zero-order chi connectivity index (χ0) is 8.81. The summed E-state index contributed by atoms with van der Waals surface area (Å²) in [6, 6.07) is 0.752. The van der Waals surface area contributed by atoms with E-state index in [1.807, 2.05) is 0 Å². The van der Waals surface area contributed by atoms with Crippen LogP contribution in [0.4, 0.5) is 0 Å². The van der Waals surface area contributed by atoms with Gasteiger partial charge in [0.1, 0.15) is 0 Å². The lowest BCUT2D eigenvalue weighted by molar-refractivity contribution is 0.266. The van der Waals surface area contributed by atoms with Crippen molar-refractivity contribution in [3.05, 3.63) is 0 Å². The molecule has 0 heterocycles. The SMILES string of the molecule is CCCCNC(C)CC1CCC1. The first-order valence-corrected chi connectivity index (χ1v) is 5.56. The molecule has 0 spiro atoms. The molecule has 12 heavy (non-hydrogen) atoms. The van der Waals surface area contributed by atoms with Crippen molar-refractivity contribution in [2.75, 3.05) is 6.54 Å². The maximum absolute atomic E-state index is 3.58. The third-order valence-electron chi connectivity index (χ3n) is 2.93. The Bertz CT molecular complexity index is 108. The van der Waals surface area contributed by atoms with E-state index in [2.05, 4.69) is 19.2 Å². The van der Waals surface area contributed by atoms with E-state index in [1.165, 1.54) is 45.1 Å². The Hall–Kier alpha value is -0.0400. The molecule has 1 atom stereocenters. The maximum Gasteiger partial charge on any atom is 0.00413 e. The van der Waals surface area contributed by atoms with Gasteiger partial charge in [-0.05, 0) is 32.2 Å². The number of hydrogen-bond donors (Lipinski definition) is 1. The average molecular weight is 169 g/mol. The lowest BCUT2D eigenvalue weighted by Crippen LogP contribution is -2.30. The fraction of sp³-hybridized carbons (Fsp3) is 1.00. The van der Waals surface area contributed by atoms with Gasteiger partial charge < -0.3 is 5.32 Å². The second-order valence-corrected chi connectivity index (χ2v) is 4.24. The molecule has 72 valence electrons. The minimum atomic E-state index is 0.752. The summed E-state index contributed by atoms with van der Waals surface area (Å²) < 4.78 is 0. The number of unbranched alkanes of at least 4 members (excludes halogenated alkanes) is 1. The molecular formula is C11H23N. The lowest BCUT2D eigenvalue weighted by Gasteiger charge is -2.28.